The molecule has 0 saturated carbocycles. The zero-order valence-electron chi connectivity index (χ0n) is 15.4. The van der Waals surface area contributed by atoms with E-state index in [4.69, 9.17) is 4.42 Å². The van der Waals surface area contributed by atoms with Crippen LogP contribution in [0, 0.1) is 6.92 Å². The standard InChI is InChI=1S/C20H18N4O2S2/c1-12(16-8-5-6-10-21-16)22-19(25)18-15(11-27-20-24-23-13(2)28-20)14-7-3-4-9-17(14)26-18/h3-10,12H,11H2,1-2H3,(H,22,25). The number of carbonyl (C=O) groups is 1. The van der Waals surface area contributed by atoms with E-state index >= 15 is 0 Å². The maximum absolute atomic E-state index is 13.0. The number of hydrogen-bond acceptors (Lipinski definition) is 7. The average molecular weight is 411 g/mol. The van der Waals surface area contributed by atoms with Crippen LogP contribution in [-0.2, 0) is 5.75 Å². The summed E-state index contributed by atoms with van der Waals surface area (Å²) in [6.07, 6.45) is 1.71. The van der Waals surface area contributed by atoms with Crippen LogP contribution in [0.3, 0.4) is 0 Å². The molecular formula is C20H18N4O2S2. The molecule has 8 heteroatoms. The molecule has 142 valence electrons. The summed E-state index contributed by atoms with van der Waals surface area (Å²) in [5, 5.41) is 13.0. The van der Waals surface area contributed by atoms with Crippen LogP contribution in [0.1, 0.15) is 39.8 Å². The molecule has 1 amide bonds. The highest BCUT2D eigenvalue weighted by molar-refractivity contribution is 8.00. The Labute approximate surface area is 170 Å². The summed E-state index contributed by atoms with van der Waals surface area (Å²) in [4.78, 5) is 17.3. The normalized spacial score (nSPS) is 12.2. The number of hydrogen-bond donors (Lipinski definition) is 1. The molecule has 1 atom stereocenters. The molecule has 1 aromatic carbocycles. The van der Waals surface area contributed by atoms with Gasteiger partial charge in [-0.2, -0.15) is 0 Å². The minimum Gasteiger partial charge on any atom is -0.451 e. The number of rotatable bonds is 6. The highest BCUT2D eigenvalue weighted by Crippen LogP contribution is 2.33. The Bertz CT molecular complexity index is 1110. The van der Waals surface area contributed by atoms with Crippen LogP contribution in [0.25, 0.3) is 11.0 Å². The summed E-state index contributed by atoms with van der Waals surface area (Å²) in [6.45, 7) is 3.83. The summed E-state index contributed by atoms with van der Waals surface area (Å²) in [5.41, 5.74) is 2.36. The number of carbonyl (C=O) groups excluding carboxylic acids is 1. The van der Waals surface area contributed by atoms with Crippen molar-refractivity contribution in [2.75, 3.05) is 0 Å². The van der Waals surface area contributed by atoms with Gasteiger partial charge < -0.3 is 9.73 Å². The SMILES string of the molecule is Cc1nnc(SCc2c(C(=O)NC(C)c3ccccn3)oc3ccccc23)s1. The Morgan fingerprint density at radius 1 is 1.21 bits per heavy atom. The molecule has 0 aliphatic heterocycles. The van der Waals surface area contributed by atoms with Crippen molar-refractivity contribution in [2.45, 2.75) is 30.0 Å². The van der Waals surface area contributed by atoms with E-state index < -0.39 is 0 Å². The molecule has 0 aliphatic rings. The topological polar surface area (TPSA) is 80.9 Å². The van der Waals surface area contributed by atoms with Gasteiger partial charge >= 0.3 is 0 Å². The lowest BCUT2D eigenvalue weighted by atomic mass is 10.1. The third-order valence-electron chi connectivity index (χ3n) is 4.23. The summed E-state index contributed by atoms with van der Waals surface area (Å²) in [7, 11) is 0. The second-order valence-electron chi connectivity index (χ2n) is 6.23. The number of aryl methyl sites for hydroxylation is 1. The minimum absolute atomic E-state index is 0.228. The van der Waals surface area contributed by atoms with Crippen LogP contribution in [0.15, 0.2) is 57.4 Å². The molecule has 0 fully saturated rings. The number of furan rings is 1. The van der Waals surface area contributed by atoms with Gasteiger partial charge in [-0.15, -0.1) is 10.2 Å². The number of nitrogens with one attached hydrogen (secondary N) is 1. The Balaban J connectivity index is 1.61. The minimum atomic E-state index is -0.251. The molecule has 4 aromatic rings. The molecule has 1 N–H and O–H groups in total. The van der Waals surface area contributed by atoms with E-state index in [0.29, 0.717) is 17.1 Å². The van der Waals surface area contributed by atoms with Gasteiger partial charge in [-0.25, -0.2) is 0 Å². The highest BCUT2D eigenvalue weighted by atomic mass is 32.2. The van der Waals surface area contributed by atoms with Crippen molar-refractivity contribution in [2.24, 2.45) is 0 Å². The first kappa shape index (κ1) is 18.6. The smallest absolute Gasteiger partial charge is 0.287 e. The summed E-state index contributed by atoms with van der Waals surface area (Å²) in [5.74, 6) is 0.655. The Morgan fingerprint density at radius 3 is 2.79 bits per heavy atom. The Kier molecular flexibility index (Phi) is 5.40. The molecule has 3 aromatic heterocycles. The van der Waals surface area contributed by atoms with Crippen molar-refractivity contribution < 1.29 is 9.21 Å². The summed E-state index contributed by atoms with van der Waals surface area (Å²) in [6, 6.07) is 13.1. The molecule has 0 saturated heterocycles. The maximum Gasteiger partial charge on any atom is 0.287 e. The molecular weight excluding hydrogens is 392 g/mol. The molecule has 0 bridgehead atoms. The van der Waals surface area contributed by atoms with Crippen LogP contribution >= 0.6 is 23.1 Å². The van der Waals surface area contributed by atoms with Gasteiger partial charge in [-0.05, 0) is 32.0 Å². The van der Waals surface area contributed by atoms with E-state index in [1.807, 2.05) is 56.3 Å². The number of aromatic nitrogens is 3. The van der Waals surface area contributed by atoms with Gasteiger partial charge in [-0.3, -0.25) is 9.78 Å². The predicted molar refractivity (Wildman–Crippen MR) is 111 cm³/mol. The number of pyridine rings is 1. The van der Waals surface area contributed by atoms with Gasteiger partial charge in [0.15, 0.2) is 10.1 Å². The van der Waals surface area contributed by atoms with Gasteiger partial charge in [0.2, 0.25) is 0 Å². The van der Waals surface area contributed by atoms with Gasteiger partial charge in [0.1, 0.15) is 10.6 Å². The number of fused-ring (bicyclic) bond motifs is 1. The first-order valence-corrected chi connectivity index (χ1v) is 10.6. The zero-order chi connectivity index (χ0) is 19.5. The van der Waals surface area contributed by atoms with Crippen LogP contribution in [0.2, 0.25) is 0 Å². The number of amides is 1. The molecule has 3 heterocycles. The van der Waals surface area contributed by atoms with Gasteiger partial charge in [0.05, 0.1) is 11.7 Å². The largest absolute Gasteiger partial charge is 0.451 e. The van der Waals surface area contributed by atoms with E-state index in [1.54, 1.807) is 18.0 Å². The quantitative estimate of drug-likeness (QED) is 0.461. The van der Waals surface area contributed by atoms with Crippen LogP contribution in [0.5, 0.6) is 0 Å². The molecule has 0 radical (unpaired) electrons. The fraction of sp³-hybridized carbons (Fsp3) is 0.200. The monoisotopic (exact) mass is 410 g/mol. The van der Waals surface area contributed by atoms with Crippen molar-refractivity contribution >= 4 is 40.0 Å². The number of benzene rings is 1. The second kappa shape index (κ2) is 8.12. The molecule has 4 rings (SSSR count). The Morgan fingerprint density at radius 2 is 2.04 bits per heavy atom. The Hall–Kier alpha value is -2.71. The molecule has 28 heavy (non-hydrogen) atoms. The lowest BCUT2D eigenvalue weighted by Gasteiger charge is -2.12. The number of thioether (sulfide) groups is 1. The second-order valence-corrected chi connectivity index (χ2v) is 8.64. The van der Waals surface area contributed by atoms with Crippen molar-refractivity contribution in [3.8, 4) is 0 Å². The first-order valence-electron chi connectivity index (χ1n) is 8.77. The molecule has 6 nitrogen and oxygen atoms in total. The summed E-state index contributed by atoms with van der Waals surface area (Å²) < 4.78 is 6.78. The maximum atomic E-state index is 13.0. The van der Waals surface area contributed by atoms with Crippen molar-refractivity contribution in [3.63, 3.8) is 0 Å². The van der Waals surface area contributed by atoms with Crippen LogP contribution in [0.4, 0.5) is 0 Å². The number of nitrogens with zero attached hydrogens (tertiary/aromatic N) is 3. The number of para-hydroxylation sites is 1. The average Bonchev–Trinajstić information content (AvgIpc) is 3.30. The lowest BCUT2D eigenvalue weighted by molar-refractivity contribution is 0.0912. The van der Waals surface area contributed by atoms with E-state index in [0.717, 1.165) is 26.0 Å². The fourth-order valence-corrected chi connectivity index (χ4v) is 4.71. The third kappa shape index (κ3) is 3.93. The van der Waals surface area contributed by atoms with Gasteiger partial charge in [0, 0.05) is 22.9 Å². The van der Waals surface area contributed by atoms with Crippen molar-refractivity contribution in [1.29, 1.82) is 0 Å². The van der Waals surface area contributed by atoms with Gasteiger partial charge in [-0.1, -0.05) is 47.4 Å². The van der Waals surface area contributed by atoms with Crippen LogP contribution in [-0.4, -0.2) is 21.1 Å². The molecule has 0 spiro atoms. The summed E-state index contributed by atoms with van der Waals surface area (Å²) >= 11 is 3.09. The van der Waals surface area contributed by atoms with E-state index in [2.05, 4.69) is 20.5 Å². The molecule has 1 unspecified atom stereocenters. The lowest BCUT2D eigenvalue weighted by Crippen LogP contribution is -2.27. The van der Waals surface area contributed by atoms with Crippen molar-refractivity contribution in [3.05, 3.63) is 70.7 Å². The third-order valence-corrected chi connectivity index (χ3v) is 6.23. The van der Waals surface area contributed by atoms with Crippen molar-refractivity contribution in [1.82, 2.24) is 20.5 Å². The van der Waals surface area contributed by atoms with Crippen LogP contribution < -0.4 is 5.32 Å². The first-order chi connectivity index (χ1) is 13.6. The predicted octanol–water partition coefficient (Wildman–Crippen LogP) is 4.77. The fourth-order valence-electron chi connectivity index (χ4n) is 2.86. The zero-order valence-corrected chi connectivity index (χ0v) is 17.0. The highest BCUT2D eigenvalue weighted by Gasteiger charge is 2.23. The van der Waals surface area contributed by atoms with E-state index in [9.17, 15) is 4.79 Å². The van der Waals surface area contributed by atoms with E-state index in [1.165, 1.54) is 11.3 Å². The van der Waals surface area contributed by atoms with Gasteiger partial charge in [0.25, 0.3) is 5.91 Å². The van der Waals surface area contributed by atoms with E-state index in [-0.39, 0.29) is 11.9 Å². The molecule has 0 aliphatic carbocycles.